The summed E-state index contributed by atoms with van der Waals surface area (Å²) in [4.78, 5) is 21.1. The highest BCUT2D eigenvalue weighted by molar-refractivity contribution is 5.89. The summed E-state index contributed by atoms with van der Waals surface area (Å²) in [7, 11) is 0. The largest absolute Gasteiger partial charge is 0.334 e. The SMILES string of the molecule is Cc1ccccc1-c1noc(-c2cn(Cc3ccc(NC(=O)NCc4ccccc4)cc3)cn2)n1. The number of carbonyl (C=O) groups excluding carboxylic acids is 1. The predicted molar refractivity (Wildman–Crippen MR) is 134 cm³/mol. The highest BCUT2D eigenvalue weighted by Crippen LogP contribution is 2.23. The predicted octanol–water partition coefficient (Wildman–Crippen LogP) is 5.28. The van der Waals surface area contributed by atoms with E-state index in [2.05, 4.69) is 25.8 Å². The molecule has 0 aliphatic heterocycles. The highest BCUT2D eigenvalue weighted by atomic mass is 16.5. The van der Waals surface area contributed by atoms with Crippen LogP contribution in [0.5, 0.6) is 0 Å². The minimum Gasteiger partial charge on any atom is -0.334 e. The van der Waals surface area contributed by atoms with Crippen LogP contribution in [0, 0.1) is 6.92 Å². The quantitative estimate of drug-likeness (QED) is 0.342. The number of carbonyl (C=O) groups is 1. The standard InChI is InChI=1S/C27H24N6O2/c1-19-7-5-6-10-23(19)25-31-26(35-32-25)24-17-33(18-29-24)16-21-11-13-22(14-12-21)30-27(34)28-15-20-8-3-2-4-9-20/h2-14,17-18H,15-16H2,1H3,(H2,28,30,34). The van der Waals surface area contributed by atoms with E-state index < -0.39 is 0 Å². The molecule has 2 heterocycles. The molecule has 0 saturated carbocycles. The zero-order valence-corrected chi connectivity index (χ0v) is 19.2. The molecule has 0 saturated heterocycles. The van der Waals surface area contributed by atoms with Crippen molar-refractivity contribution in [2.75, 3.05) is 5.32 Å². The molecule has 0 unspecified atom stereocenters. The van der Waals surface area contributed by atoms with Crippen molar-refractivity contribution in [3.8, 4) is 23.0 Å². The Hall–Kier alpha value is -4.72. The number of hydrogen-bond acceptors (Lipinski definition) is 5. The van der Waals surface area contributed by atoms with Gasteiger partial charge in [-0.15, -0.1) is 0 Å². The molecule has 35 heavy (non-hydrogen) atoms. The average Bonchev–Trinajstić information content (AvgIpc) is 3.55. The number of nitrogens with zero attached hydrogens (tertiary/aromatic N) is 4. The summed E-state index contributed by atoms with van der Waals surface area (Å²) in [5, 5.41) is 9.81. The van der Waals surface area contributed by atoms with Gasteiger partial charge in [0.2, 0.25) is 5.82 Å². The van der Waals surface area contributed by atoms with Crippen molar-refractivity contribution in [2.24, 2.45) is 0 Å². The van der Waals surface area contributed by atoms with Crippen LogP contribution in [0.1, 0.15) is 16.7 Å². The zero-order valence-electron chi connectivity index (χ0n) is 19.2. The van der Waals surface area contributed by atoms with Crippen LogP contribution >= 0.6 is 0 Å². The number of aromatic nitrogens is 4. The average molecular weight is 465 g/mol. The maximum atomic E-state index is 12.2. The summed E-state index contributed by atoms with van der Waals surface area (Å²) in [6.07, 6.45) is 3.61. The second kappa shape index (κ2) is 10.0. The number of hydrogen-bond donors (Lipinski definition) is 2. The lowest BCUT2D eigenvalue weighted by Crippen LogP contribution is -2.28. The molecule has 8 heteroatoms. The van der Waals surface area contributed by atoms with E-state index >= 15 is 0 Å². The number of imidazole rings is 1. The van der Waals surface area contributed by atoms with Gasteiger partial charge in [-0.3, -0.25) is 0 Å². The number of aryl methyl sites for hydroxylation is 1. The summed E-state index contributed by atoms with van der Waals surface area (Å²) in [5.41, 5.74) is 5.47. The molecule has 5 aromatic rings. The van der Waals surface area contributed by atoms with Crippen LogP contribution in [0.15, 0.2) is 95.9 Å². The fourth-order valence-electron chi connectivity index (χ4n) is 3.68. The number of rotatable bonds is 7. The van der Waals surface area contributed by atoms with Crippen LogP contribution in [-0.4, -0.2) is 25.7 Å². The molecule has 2 N–H and O–H groups in total. The van der Waals surface area contributed by atoms with Gasteiger partial charge in [-0.25, -0.2) is 9.78 Å². The fourth-order valence-corrected chi connectivity index (χ4v) is 3.68. The van der Waals surface area contributed by atoms with Gasteiger partial charge in [-0.05, 0) is 35.7 Å². The maximum Gasteiger partial charge on any atom is 0.319 e. The minimum atomic E-state index is -0.245. The number of anilines is 1. The molecule has 0 atom stereocenters. The Morgan fingerprint density at radius 2 is 1.71 bits per heavy atom. The molecular formula is C27H24N6O2. The van der Waals surface area contributed by atoms with E-state index in [-0.39, 0.29) is 6.03 Å². The van der Waals surface area contributed by atoms with E-state index in [1.165, 1.54) is 0 Å². The summed E-state index contributed by atoms with van der Waals surface area (Å²) >= 11 is 0. The zero-order chi connectivity index (χ0) is 24.0. The molecule has 2 amide bonds. The Bertz CT molecular complexity index is 1420. The lowest BCUT2D eigenvalue weighted by molar-refractivity contribution is 0.251. The Kier molecular flexibility index (Phi) is 6.34. The maximum absolute atomic E-state index is 12.2. The molecule has 0 spiro atoms. The Balaban J connectivity index is 1.18. The van der Waals surface area contributed by atoms with Gasteiger partial charge in [0.05, 0.1) is 6.33 Å². The van der Waals surface area contributed by atoms with Crippen LogP contribution in [0.2, 0.25) is 0 Å². The van der Waals surface area contributed by atoms with Crippen molar-refractivity contribution in [3.63, 3.8) is 0 Å². The monoisotopic (exact) mass is 464 g/mol. The van der Waals surface area contributed by atoms with Gasteiger partial charge < -0.3 is 19.7 Å². The molecule has 8 nitrogen and oxygen atoms in total. The first kappa shape index (κ1) is 22.1. The van der Waals surface area contributed by atoms with E-state index in [4.69, 9.17) is 4.52 Å². The minimum absolute atomic E-state index is 0.245. The highest BCUT2D eigenvalue weighted by Gasteiger charge is 2.14. The van der Waals surface area contributed by atoms with E-state index in [0.29, 0.717) is 30.5 Å². The van der Waals surface area contributed by atoms with Crippen LogP contribution in [0.25, 0.3) is 23.0 Å². The molecule has 3 aromatic carbocycles. The topological polar surface area (TPSA) is 97.9 Å². The van der Waals surface area contributed by atoms with Crippen molar-refractivity contribution < 1.29 is 9.32 Å². The normalized spacial score (nSPS) is 10.8. The summed E-state index contributed by atoms with van der Waals surface area (Å²) in [5.74, 6) is 0.923. The van der Waals surface area contributed by atoms with E-state index in [9.17, 15) is 4.79 Å². The van der Waals surface area contributed by atoms with Crippen molar-refractivity contribution in [1.29, 1.82) is 0 Å². The van der Waals surface area contributed by atoms with Gasteiger partial charge in [-0.1, -0.05) is 71.9 Å². The fraction of sp³-hybridized carbons (Fsp3) is 0.111. The van der Waals surface area contributed by atoms with E-state index in [0.717, 1.165) is 27.9 Å². The van der Waals surface area contributed by atoms with Gasteiger partial charge in [0.25, 0.3) is 5.89 Å². The lowest BCUT2D eigenvalue weighted by atomic mass is 10.1. The van der Waals surface area contributed by atoms with E-state index in [1.807, 2.05) is 96.6 Å². The molecule has 5 rings (SSSR count). The number of nitrogens with one attached hydrogen (secondary N) is 2. The summed E-state index contributed by atoms with van der Waals surface area (Å²) in [6, 6.07) is 25.1. The summed E-state index contributed by atoms with van der Waals surface area (Å²) < 4.78 is 7.39. The molecule has 2 aromatic heterocycles. The van der Waals surface area contributed by atoms with Crippen LogP contribution in [-0.2, 0) is 13.1 Å². The van der Waals surface area contributed by atoms with Crippen molar-refractivity contribution in [2.45, 2.75) is 20.0 Å². The smallest absolute Gasteiger partial charge is 0.319 e. The summed E-state index contributed by atoms with van der Waals surface area (Å²) in [6.45, 7) is 3.10. The third kappa shape index (κ3) is 5.44. The molecule has 0 aliphatic carbocycles. The Morgan fingerprint density at radius 3 is 2.51 bits per heavy atom. The van der Waals surface area contributed by atoms with Crippen LogP contribution in [0.3, 0.4) is 0 Å². The Labute approximate surface area is 202 Å². The van der Waals surface area contributed by atoms with Crippen molar-refractivity contribution >= 4 is 11.7 Å². The van der Waals surface area contributed by atoms with Crippen molar-refractivity contribution in [3.05, 3.63) is 108 Å². The Morgan fingerprint density at radius 1 is 0.943 bits per heavy atom. The molecule has 0 bridgehead atoms. The first-order chi connectivity index (χ1) is 17.1. The van der Waals surface area contributed by atoms with Gasteiger partial charge >= 0.3 is 6.03 Å². The molecule has 0 aliphatic rings. The van der Waals surface area contributed by atoms with Crippen molar-refractivity contribution in [1.82, 2.24) is 25.0 Å². The third-order valence-corrected chi connectivity index (χ3v) is 5.54. The second-order valence-corrected chi connectivity index (χ2v) is 8.16. The molecular weight excluding hydrogens is 440 g/mol. The van der Waals surface area contributed by atoms with Crippen LogP contribution in [0.4, 0.5) is 10.5 Å². The van der Waals surface area contributed by atoms with Gasteiger partial charge in [0.15, 0.2) is 0 Å². The van der Waals surface area contributed by atoms with Gasteiger partial charge in [0.1, 0.15) is 5.69 Å². The third-order valence-electron chi connectivity index (χ3n) is 5.54. The first-order valence-electron chi connectivity index (χ1n) is 11.2. The molecule has 174 valence electrons. The lowest BCUT2D eigenvalue weighted by Gasteiger charge is -2.09. The number of amides is 2. The van der Waals surface area contributed by atoms with Crippen LogP contribution < -0.4 is 10.6 Å². The molecule has 0 radical (unpaired) electrons. The van der Waals surface area contributed by atoms with E-state index in [1.54, 1.807) is 6.33 Å². The van der Waals surface area contributed by atoms with Gasteiger partial charge in [0, 0.05) is 30.5 Å². The van der Waals surface area contributed by atoms with Gasteiger partial charge in [-0.2, -0.15) is 4.98 Å². The number of urea groups is 1. The molecule has 0 fully saturated rings. The first-order valence-corrected chi connectivity index (χ1v) is 11.2. The number of benzene rings is 3. The second-order valence-electron chi connectivity index (χ2n) is 8.16.